The van der Waals surface area contributed by atoms with Gasteiger partial charge in [0.15, 0.2) is 0 Å². The molecule has 0 heterocycles. The van der Waals surface area contributed by atoms with Crippen LogP contribution in [0, 0.1) is 5.92 Å². The fraction of sp³-hybridized carbons (Fsp3) is 0.308. The highest BCUT2D eigenvalue weighted by atomic mass is 127. The number of hydrogen-bond acceptors (Lipinski definition) is 2. The van der Waals surface area contributed by atoms with E-state index in [1.54, 1.807) is 6.08 Å². The number of rotatable bonds is 1. The Bertz CT molecular complexity index is 518. The van der Waals surface area contributed by atoms with Gasteiger partial charge >= 0.3 is 0 Å². The number of nitrogens with zero attached hydrogens (tertiary/aromatic N) is 1. The molecule has 0 spiro atoms. The molecule has 1 saturated carbocycles. The van der Waals surface area contributed by atoms with Gasteiger partial charge in [0.25, 0.3) is 0 Å². The molecule has 0 radical (unpaired) electrons. The van der Waals surface area contributed by atoms with E-state index < -0.39 is 0 Å². The summed E-state index contributed by atoms with van der Waals surface area (Å²) in [5.74, 6) is 0.476. The van der Waals surface area contributed by atoms with E-state index in [1.807, 2.05) is 12.2 Å². The second-order valence-electron chi connectivity index (χ2n) is 4.22. The van der Waals surface area contributed by atoms with Crippen LogP contribution in [0.15, 0.2) is 51.7 Å². The normalized spacial score (nSPS) is 30.6. The Balaban J connectivity index is 2.19. The van der Waals surface area contributed by atoms with Gasteiger partial charge in [-0.3, -0.25) is 0 Å². The lowest BCUT2D eigenvalue weighted by Crippen LogP contribution is -2.10. The molecule has 2 unspecified atom stereocenters. The van der Waals surface area contributed by atoms with Gasteiger partial charge in [-0.15, -0.1) is 0 Å². The molecule has 2 nitrogen and oxygen atoms in total. The van der Waals surface area contributed by atoms with Gasteiger partial charge in [0.2, 0.25) is 6.08 Å². The molecule has 3 aliphatic carbocycles. The molecule has 0 N–H and O–H groups in total. The lowest BCUT2D eigenvalue weighted by molar-refractivity contribution is 0.564. The lowest BCUT2D eigenvalue weighted by atomic mass is 9.87. The first-order chi connectivity index (χ1) is 7.81. The Labute approximate surface area is 108 Å². The summed E-state index contributed by atoms with van der Waals surface area (Å²) >= 11 is 2.45. The molecular weight excluding hydrogens is 313 g/mol. The van der Waals surface area contributed by atoms with Crippen LogP contribution in [0.3, 0.4) is 0 Å². The van der Waals surface area contributed by atoms with Crippen LogP contribution in [0.25, 0.3) is 0 Å². The van der Waals surface area contributed by atoms with Gasteiger partial charge in [-0.1, -0.05) is 46.9 Å². The SMILES string of the molecule is O=C=NC1=C2C(I)CCC2C=C2C=CC=C21. The van der Waals surface area contributed by atoms with E-state index >= 15 is 0 Å². The number of isocyanates is 1. The van der Waals surface area contributed by atoms with E-state index in [2.05, 4.69) is 39.7 Å². The molecule has 3 rings (SSSR count). The summed E-state index contributed by atoms with van der Waals surface area (Å²) in [7, 11) is 0. The number of alkyl halides is 1. The van der Waals surface area contributed by atoms with Crippen molar-refractivity contribution in [3.8, 4) is 0 Å². The fourth-order valence-electron chi connectivity index (χ4n) is 2.70. The van der Waals surface area contributed by atoms with Gasteiger partial charge in [-0.2, -0.15) is 4.99 Å². The monoisotopic (exact) mass is 323 g/mol. The number of carbonyl (C=O) groups excluding carboxylic acids is 1. The van der Waals surface area contributed by atoms with Crippen LogP contribution in [-0.2, 0) is 4.79 Å². The highest BCUT2D eigenvalue weighted by Gasteiger charge is 2.35. The maximum atomic E-state index is 10.6. The van der Waals surface area contributed by atoms with Gasteiger partial charge in [0.05, 0.1) is 5.70 Å². The van der Waals surface area contributed by atoms with Crippen LogP contribution < -0.4 is 0 Å². The second-order valence-corrected chi connectivity index (χ2v) is 5.72. The molecule has 0 aromatic rings. The van der Waals surface area contributed by atoms with Gasteiger partial charge in [-0.05, 0) is 24.0 Å². The summed E-state index contributed by atoms with van der Waals surface area (Å²) in [6.07, 6.45) is 12.5. The Morgan fingerprint density at radius 2 is 2.31 bits per heavy atom. The van der Waals surface area contributed by atoms with Crippen LogP contribution in [0.1, 0.15) is 12.8 Å². The third kappa shape index (κ3) is 1.39. The molecule has 3 aliphatic rings. The van der Waals surface area contributed by atoms with E-state index in [9.17, 15) is 4.79 Å². The van der Waals surface area contributed by atoms with E-state index in [0.717, 1.165) is 11.3 Å². The molecule has 0 amide bonds. The Hall–Kier alpha value is -0.930. The maximum Gasteiger partial charge on any atom is 0.240 e. The molecular formula is C13H10INO. The first-order valence-corrected chi connectivity index (χ1v) is 6.63. The largest absolute Gasteiger partial charge is 0.240 e. The van der Waals surface area contributed by atoms with Crippen LogP contribution in [-0.4, -0.2) is 10.0 Å². The summed E-state index contributed by atoms with van der Waals surface area (Å²) in [5, 5.41) is 0. The van der Waals surface area contributed by atoms with Crippen LogP contribution in [0.2, 0.25) is 0 Å². The zero-order valence-corrected chi connectivity index (χ0v) is 10.8. The Morgan fingerprint density at radius 1 is 1.44 bits per heavy atom. The van der Waals surface area contributed by atoms with Gasteiger partial charge in [0.1, 0.15) is 0 Å². The summed E-state index contributed by atoms with van der Waals surface area (Å²) in [6.45, 7) is 0. The predicted molar refractivity (Wildman–Crippen MR) is 71.0 cm³/mol. The lowest BCUT2D eigenvalue weighted by Gasteiger charge is -2.21. The molecule has 0 aromatic heterocycles. The first-order valence-electron chi connectivity index (χ1n) is 5.38. The Morgan fingerprint density at radius 3 is 3.12 bits per heavy atom. The zero-order valence-electron chi connectivity index (χ0n) is 8.61. The minimum Gasteiger partial charge on any atom is -0.211 e. The van der Waals surface area contributed by atoms with E-state index in [-0.39, 0.29) is 0 Å². The van der Waals surface area contributed by atoms with Gasteiger partial charge in [0, 0.05) is 15.4 Å². The number of aliphatic imine (C=N–C) groups is 1. The topological polar surface area (TPSA) is 29.4 Å². The molecule has 80 valence electrons. The third-order valence-corrected chi connectivity index (χ3v) is 4.68. The van der Waals surface area contributed by atoms with Crippen molar-refractivity contribution in [1.82, 2.24) is 0 Å². The van der Waals surface area contributed by atoms with E-state index in [4.69, 9.17) is 0 Å². The third-order valence-electron chi connectivity index (χ3n) is 3.38. The van der Waals surface area contributed by atoms with Gasteiger partial charge in [-0.25, -0.2) is 4.79 Å². The van der Waals surface area contributed by atoms with Crippen molar-refractivity contribution in [1.29, 1.82) is 0 Å². The average Bonchev–Trinajstić information content (AvgIpc) is 2.86. The van der Waals surface area contributed by atoms with E-state index in [1.165, 1.54) is 24.0 Å². The van der Waals surface area contributed by atoms with Gasteiger partial charge < -0.3 is 0 Å². The highest BCUT2D eigenvalue weighted by Crippen LogP contribution is 2.47. The molecule has 0 aromatic carbocycles. The van der Waals surface area contributed by atoms with Crippen molar-refractivity contribution >= 4 is 28.7 Å². The second kappa shape index (κ2) is 3.82. The summed E-state index contributed by atoms with van der Waals surface area (Å²) < 4.78 is 0.508. The van der Waals surface area contributed by atoms with Crippen molar-refractivity contribution in [3.63, 3.8) is 0 Å². The van der Waals surface area contributed by atoms with Crippen LogP contribution in [0.5, 0.6) is 0 Å². The van der Waals surface area contributed by atoms with Crippen molar-refractivity contribution in [2.24, 2.45) is 10.9 Å². The molecule has 0 saturated heterocycles. The number of allylic oxidation sites excluding steroid dienone is 6. The molecule has 0 aliphatic heterocycles. The molecule has 2 atom stereocenters. The Kier molecular flexibility index (Phi) is 2.45. The molecule has 3 heteroatoms. The zero-order chi connectivity index (χ0) is 11.1. The predicted octanol–water partition coefficient (Wildman–Crippen LogP) is 3.23. The van der Waals surface area contributed by atoms with Crippen LogP contribution in [0.4, 0.5) is 0 Å². The number of hydrogen-bond donors (Lipinski definition) is 0. The quantitative estimate of drug-likeness (QED) is 0.315. The first kappa shape index (κ1) is 10.2. The maximum absolute atomic E-state index is 10.6. The van der Waals surface area contributed by atoms with Crippen LogP contribution >= 0.6 is 22.6 Å². The summed E-state index contributed by atoms with van der Waals surface area (Å²) in [6, 6.07) is 0. The minimum absolute atomic E-state index is 0.476. The number of halogens is 1. The summed E-state index contributed by atoms with van der Waals surface area (Å²) in [5.41, 5.74) is 4.51. The number of fused-ring (bicyclic) bond motifs is 2. The minimum atomic E-state index is 0.476. The van der Waals surface area contributed by atoms with Crippen molar-refractivity contribution in [2.75, 3.05) is 0 Å². The summed E-state index contributed by atoms with van der Waals surface area (Å²) in [4.78, 5) is 14.5. The van der Waals surface area contributed by atoms with Crippen molar-refractivity contribution in [3.05, 3.63) is 46.7 Å². The standard InChI is InChI=1S/C13H10INO/c14-11-5-4-9-6-8-2-1-3-10(8)13(12(9)11)15-7-16/h1-3,6,9,11H,4-5H2. The van der Waals surface area contributed by atoms with Crippen molar-refractivity contribution in [2.45, 2.75) is 16.8 Å². The molecule has 1 fully saturated rings. The molecule has 16 heavy (non-hydrogen) atoms. The average molecular weight is 323 g/mol. The van der Waals surface area contributed by atoms with E-state index in [0.29, 0.717) is 9.84 Å². The smallest absolute Gasteiger partial charge is 0.211 e. The molecule has 0 bridgehead atoms. The highest BCUT2D eigenvalue weighted by molar-refractivity contribution is 14.1. The van der Waals surface area contributed by atoms with Crippen molar-refractivity contribution < 1.29 is 4.79 Å². The fourth-order valence-corrected chi connectivity index (χ4v) is 3.82.